The molecule has 0 heteroatoms. The summed E-state index contributed by atoms with van der Waals surface area (Å²) >= 11 is 0. The van der Waals surface area contributed by atoms with E-state index in [0.29, 0.717) is 5.92 Å². The largest absolute Gasteiger partial charge is 0.102 e. The van der Waals surface area contributed by atoms with E-state index in [4.69, 9.17) is 0 Å². The lowest BCUT2D eigenvalue weighted by Gasteiger charge is -2.03. The molecule has 1 saturated carbocycles. The Hall–Kier alpha value is -0.520. The fourth-order valence-electron chi connectivity index (χ4n) is 1.17. The standard InChI is InChI=1S/C10H16/c1-3-9(4-2)5-6-10-7-8-10/h3-4,9-10H,1-2,5-8H2. The van der Waals surface area contributed by atoms with Crippen LogP contribution in [0.25, 0.3) is 0 Å². The Bertz CT molecular complexity index is 112. The van der Waals surface area contributed by atoms with E-state index in [9.17, 15) is 0 Å². The second-order valence-corrected chi connectivity index (χ2v) is 3.16. The van der Waals surface area contributed by atoms with Crippen molar-refractivity contribution in [2.45, 2.75) is 25.7 Å². The molecule has 0 aliphatic heterocycles. The summed E-state index contributed by atoms with van der Waals surface area (Å²) in [6.07, 6.45) is 9.55. The van der Waals surface area contributed by atoms with Crippen LogP contribution in [0.4, 0.5) is 0 Å². The van der Waals surface area contributed by atoms with Gasteiger partial charge in [0.05, 0.1) is 0 Å². The van der Waals surface area contributed by atoms with Crippen molar-refractivity contribution in [1.29, 1.82) is 0 Å². The summed E-state index contributed by atoms with van der Waals surface area (Å²) in [6.45, 7) is 7.52. The Balaban J connectivity index is 2.07. The summed E-state index contributed by atoms with van der Waals surface area (Å²) in [7, 11) is 0. The Labute approximate surface area is 63.6 Å². The summed E-state index contributed by atoms with van der Waals surface area (Å²) in [6, 6.07) is 0. The minimum Gasteiger partial charge on any atom is -0.102 e. The Kier molecular flexibility index (Phi) is 2.73. The van der Waals surface area contributed by atoms with Crippen molar-refractivity contribution in [3.63, 3.8) is 0 Å². The van der Waals surface area contributed by atoms with Crippen LogP contribution in [0.5, 0.6) is 0 Å². The van der Waals surface area contributed by atoms with Gasteiger partial charge in [0.2, 0.25) is 0 Å². The molecule has 0 nitrogen and oxygen atoms in total. The summed E-state index contributed by atoms with van der Waals surface area (Å²) in [4.78, 5) is 0. The molecule has 1 fully saturated rings. The zero-order valence-electron chi connectivity index (χ0n) is 6.55. The Morgan fingerprint density at radius 3 is 2.30 bits per heavy atom. The minimum atomic E-state index is 0.556. The lowest BCUT2D eigenvalue weighted by molar-refractivity contribution is 0.607. The van der Waals surface area contributed by atoms with Crippen LogP contribution in [0.15, 0.2) is 25.3 Å². The van der Waals surface area contributed by atoms with Gasteiger partial charge in [-0.15, -0.1) is 13.2 Å². The highest BCUT2D eigenvalue weighted by atomic mass is 14.3. The molecule has 0 aromatic carbocycles. The van der Waals surface area contributed by atoms with E-state index >= 15 is 0 Å². The van der Waals surface area contributed by atoms with Gasteiger partial charge in [0.15, 0.2) is 0 Å². The first-order chi connectivity index (χ1) is 4.86. The normalized spacial score (nSPS) is 17.3. The molecule has 0 aromatic rings. The lowest BCUT2D eigenvalue weighted by Crippen LogP contribution is -1.90. The molecule has 10 heavy (non-hydrogen) atoms. The summed E-state index contributed by atoms with van der Waals surface area (Å²) in [5.41, 5.74) is 0. The molecule has 0 radical (unpaired) electrons. The monoisotopic (exact) mass is 136 g/mol. The molecule has 1 aliphatic carbocycles. The highest BCUT2D eigenvalue weighted by molar-refractivity contribution is 4.92. The van der Waals surface area contributed by atoms with Gasteiger partial charge in [-0.2, -0.15) is 0 Å². The van der Waals surface area contributed by atoms with E-state index < -0.39 is 0 Å². The topological polar surface area (TPSA) is 0 Å². The van der Waals surface area contributed by atoms with Gasteiger partial charge in [0.1, 0.15) is 0 Å². The van der Waals surface area contributed by atoms with E-state index in [1.807, 2.05) is 12.2 Å². The van der Waals surface area contributed by atoms with Crippen LogP contribution in [0, 0.1) is 11.8 Å². The SMILES string of the molecule is C=CC(C=C)CCC1CC1. The zero-order valence-corrected chi connectivity index (χ0v) is 6.55. The Morgan fingerprint density at radius 2 is 1.90 bits per heavy atom. The van der Waals surface area contributed by atoms with Crippen molar-refractivity contribution in [3.8, 4) is 0 Å². The van der Waals surface area contributed by atoms with Crippen molar-refractivity contribution < 1.29 is 0 Å². The first kappa shape index (κ1) is 7.59. The smallest absolute Gasteiger partial charge is 0.00588 e. The van der Waals surface area contributed by atoms with E-state index in [1.54, 1.807) is 0 Å². The second-order valence-electron chi connectivity index (χ2n) is 3.16. The van der Waals surface area contributed by atoms with Gasteiger partial charge in [-0.1, -0.05) is 25.0 Å². The molecule has 1 aliphatic rings. The molecule has 0 heterocycles. The minimum absolute atomic E-state index is 0.556. The van der Waals surface area contributed by atoms with Crippen molar-refractivity contribution in [2.75, 3.05) is 0 Å². The van der Waals surface area contributed by atoms with Gasteiger partial charge in [-0.25, -0.2) is 0 Å². The summed E-state index contributed by atoms with van der Waals surface area (Å²) in [5, 5.41) is 0. The van der Waals surface area contributed by atoms with Gasteiger partial charge < -0.3 is 0 Å². The van der Waals surface area contributed by atoms with Crippen molar-refractivity contribution >= 4 is 0 Å². The second kappa shape index (κ2) is 3.60. The number of allylic oxidation sites excluding steroid dienone is 2. The van der Waals surface area contributed by atoms with Crippen LogP contribution >= 0.6 is 0 Å². The van der Waals surface area contributed by atoms with Crippen LogP contribution < -0.4 is 0 Å². The van der Waals surface area contributed by atoms with Crippen molar-refractivity contribution in [2.24, 2.45) is 11.8 Å². The van der Waals surface area contributed by atoms with Gasteiger partial charge in [0.25, 0.3) is 0 Å². The van der Waals surface area contributed by atoms with Crippen molar-refractivity contribution in [1.82, 2.24) is 0 Å². The highest BCUT2D eigenvalue weighted by Crippen LogP contribution is 2.34. The molecule has 0 unspecified atom stereocenters. The molecule has 1 rings (SSSR count). The van der Waals surface area contributed by atoms with Gasteiger partial charge in [0, 0.05) is 0 Å². The van der Waals surface area contributed by atoms with E-state index in [0.717, 1.165) is 5.92 Å². The lowest BCUT2D eigenvalue weighted by atomic mass is 10.0. The molecular formula is C10H16. The molecule has 0 bridgehead atoms. The summed E-state index contributed by atoms with van der Waals surface area (Å²) < 4.78 is 0. The number of hydrogen-bond donors (Lipinski definition) is 0. The fourth-order valence-corrected chi connectivity index (χ4v) is 1.17. The number of rotatable bonds is 5. The predicted octanol–water partition coefficient (Wildman–Crippen LogP) is 3.16. The van der Waals surface area contributed by atoms with Crippen LogP contribution in [-0.4, -0.2) is 0 Å². The van der Waals surface area contributed by atoms with E-state index in [1.165, 1.54) is 25.7 Å². The van der Waals surface area contributed by atoms with Crippen LogP contribution in [0.3, 0.4) is 0 Å². The fraction of sp³-hybridized carbons (Fsp3) is 0.600. The molecule has 0 amide bonds. The van der Waals surface area contributed by atoms with Gasteiger partial charge in [-0.05, 0) is 24.7 Å². The maximum atomic E-state index is 3.76. The van der Waals surface area contributed by atoms with E-state index in [-0.39, 0.29) is 0 Å². The molecule has 0 spiro atoms. The zero-order chi connectivity index (χ0) is 7.40. The molecule has 56 valence electrons. The van der Waals surface area contributed by atoms with Gasteiger partial charge >= 0.3 is 0 Å². The quantitative estimate of drug-likeness (QED) is 0.509. The molecular weight excluding hydrogens is 120 g/mol. The van der Waals surface area contributed by atoms with Crippen molar-refractivity contribution in [3.05, 3.63) is 25.3 Å². The first-order valence-electron chi connectivity index (χ1n) is 4.12. The molecule has 0 saturated heterocycles. The summed E-state index contributed by atoms with van der Waals surface area (Å²) in [5.74, 6) is 1.60. The molecule has 0 aromatic heterocycles. The average molecular weight is 136 g/mol. The first-order valence-corrected chi connectivity index (χ1v) is 4.12. The third kappa shape index (κ3) is 2.38. The third-order valence-corrected chi connectivity index (χ3v) is 2.21. The van der Waals surface area contributed by atoms with Crippen LogP contribution in [-0.2, 0) is 0 Å². The van der Waals surface area contributed by atoms with Crippen LogP contribution in [0.2, 0.25) is 0 Å². The Morgan fingerprint density at radius 1 is 1.30 bits per heavy atom. The predicted molar refractivity (Wildman–Crippen MR) is 45.8 cm³/mol. The third-order valence-electron chi connectivity index (χ3n) is 2.21. The highest BCUT2D eigenvalue weighted by Gasteiger charge is 2.20. The van der Waals surface area contributed by atoms with E-state index in [2.05, 4.69) is 13.2 Å². The maximum absolute atomic E-state index is 3.76. The average Bonchev–Trinajstić information content (AvgIpc) is 2.74. The molecule has 0 atom stereocenters. The maximum Gasteiger partial charge on any atom is -0.00588 e. The van der Waals surface area contributed by atoms with Crippen LogP contribution in [0.1, 0.15) is 25.7 Å². The van der Waals surface area contributed by atoms with Gasteiger partial charge in [-0.3, -0.25) is 0 Å². The molecule has 0 N–H and O–H groups in total. The number of hydrogen-bond acceptors (Lipinski definition) is 0.